The zero-order valence-corrected chi connectivity index (χ0v) is 16.4. The summed E-state index contributed by atoms with van der Waals surface area (Å²) in [7, 11) is 0. The third kappa shape index (κ3) is 6.76. The number of nitrogens with one attached hydrogen (secondary N) is 2. The van der Waals surface area contributed by atoms with Gasteiger partial charge in [-0.05, 0) is 38.1 Å². The lowest BCUT2D eigenvalue weighted by Gasteiger charge is -2.20. The minimum Gasteiger partial charge on any atom is -0.450 e. The predicted molar refractivity (Wildman–Crippen MR) is 103 cm³/mol. The van der Waals surface area contributed by atoms with Crippen LogP contribution < -0.4 is 10.6 Å². The Labute approximate surface area is 167 Å². The van der Waals surface area contributed by atoms with Gasteiger partial charge < -0.3 is 24.8 Å². The average molecular weight is 402 g/mol. The summed E-state index contributed by atoms with van der Waals surface area (Å²) in [4.78, 5) is 48.5. The maximum Gasteiger partial charge on any atom is 0.377 e. The fourth-order valence-corrected chi connectivity index (χ4v) is 2.34. The Bertz CT molecular complexity index is 890. The SMILES string of the molecule is CCN(CC(=O)Nc1ccc(NC(C)=O)cc1)C(=O)COC(=O)c1cc(C)no1. The van der Waals surface area contributed by atoms with Gasteiger partial charge in [0.15, 0.2) is 6.61 Å². The number of benzene rings is 1. The topological polar surface area (TPSA) is 131 Å². The minimum atomic E-state index is -0.807. The normalized spacial score (nSPS) is 10.2. The van der Waals surface area contributed by atoms with Crippen LogP contribution in [0.25, 0.3) is 0 Å². The Morgan fingerprint density at radius 3 is 2.24 bits per heavy atom. The van der Waals surface area contributed by atoms with Crippen LogP contribution >= 0.6 is 0 Å². The number of carbonyl (C=O) groups is 4. The molecular formula is C19H22N4O6. The van der Waals surface area contributed by atoms with Gasteiger partial charge in [-0.1, -0.05) is 5.16 Å². The van der Waals surface area contributed by atoms with Crippen molar-refractivity contribution in [3.05, 3.63) is 41.8 Å². The summed E-state index contributed by atoms with van der Waals surface area (Å²) in [6, 6.07) is 7.94. The highest BCUT2D eigenvalue weighted by Gasteiger charge is 2.20. The van der Waals surface area contributed by atoms with E-state index in [1.165, 1.54) is 17.9 Å². The van der Waals surface area contributed by atoms with E-state index in [2.05, 4.69) is 15.8 Å². The number of hydrogen-bond donors (Lipinski definition) is 2. The molecule has 0 atom stereocenters. The van der Waals surface area contributed by atoms with Crippen LogP contribution in [0.2, 0.25) is 0 Å². The van der Waals surface area contributed by atoms with Gasteiger partial charge in [0.2, 0.25) is 17.6 Å². The first-order valence-corrected chi connectivity index (χ1v) is 8.84. The van der Waals surface area contributed by atoms with E-state index >= 15 is 0 Å². The Hall–Kier alpha value is -3.69. The Balaban J connectivity index is 1.84. The molecule has 29 heavy (non-hydrogen) atoms. The fraction of sp³-hybridized carbons (Fsp3) is 0.316. The van der Waals surface area contributed by atoms with Gasteiger partial charge in [0.05, 0.1) is 12.2 Å². The minimum absolute atomic E-state index is 0.0983. The third-order valence-corrected chi connectivity index (χ3v) is 3.71. The van der Waals surface area contributed by atoms with Crippen LogP contribution in [0.3, 0.4) is 0 Å². The van der Waals surface area contributed by atoms with Gasteiger partial charge in [-0.15, -0.1) is 0 Å². The van der Waals surface area contributed by atoms with Crippen LogP contribution in [0.4, 0.5) is 11.4 Å². The molecule has 2 rings (SSSR count). The summed E-state index contributed by atoms with van der Waals surface area (Å²) >= 11 is 0. The van der Waals surface area contributed by atoms with Gasteiger partial charge in [0, 0.05) is 30.9 Å². The smallest absolute Gasteiger partial charge is 0.377 e. The molecule has 2 N–H and O–H groups in total. The molecule has 0 aliphatic heterocycles. The first-order valence-electron chi connectivity index (χ1n) is 8.84. The molecule has 2 aromatic rings. The van der Waals surface area contributed by atoms with E-state index in [0.29, 0.717) is 17.1 Å². The first-order chi connectivity index (χ1) is 13.8. The van der Waals surface area contributed by atoms with Gasteiger partial charge >= 0.3 is 5.97 Å². The van der Waals surface area contributed by atoms with E-state index in [0.717, 1.165) is 0 Å². The fourth-order valence-electron chi connectivity index (χ4n) is 2.34. The second kappa shape index (κ2) is 10.0. The zero-order valence-electron chi connectivity index (χ0n) is 16.4. The molecule has 0 spiro atoms. The van der Waals surface area contributed by atoms with Gasteiger partial charge in [-0.2, -0.15) is 0 Å². The third-order valence-electron chi connectivity index (χ3n) is 3.71. The molecule has 1 aromatic carbocycles. The molecule has 0 unspecified atom stereocenters. The van der Waals surface area contributed by atoms with Crippen LogP contribution in [0.1, 0.15) is 30.1 Å². The van der Waals surface area contributed by atoms with Crippen molar-refractivity contribution in [1.29, 1.82) is 0 Å². The number of aryl methyl sites for hydroxylation is 1. The molecule has 10 heteroatoms. The summed E-state index contributed by atoms with van der Waals surface area (Å²) in [5.41, 5.74) is 1.63. The molecule has 0 radical (unpaired) electrons. The summed E-state index contributed by atoms with van der Waals surface area (Å²) in [5.74, 6) is -2.03. The maximum absolute atomic E-state index is 12.2. The van der Waals surface area contributed by atoms with E-state index in [9.17, 15) is 19.2 Å². The second-order valence-electron chi connectivity index (χ2n) is 6.12. The van der Waals surface area contributed by atoms with Gasteiger partial charge in [0.1, 0.15) is 0 Å². The standard InChI is InChI=1S/C19H22N4O6/c1-4-23(18(26)11-28-19(27)16-9-12(2)22-29-16)10-17(25)21-15-7-5-14(6-8-15)20-13(3)24/h5-9H,4,10-11H2,1-3H3,(H,20,24)(H,21,25). The highest BCUT2D eigenvalue weighted by atomic mass is 16.6. The number of ether oxygens (including phenoxy) is 1. The molecule has 0 saturated carbocycles. The average Bonchev–Trinajstić information content (AvgIpc) is 3.11. The lowest BCUT2D eigenvalue weighted by molar-refractivity contribution is -0.137. The van der Waals surface area contributed by atoms with Crippen LogP contribution in [0, 0.1) is 6.92 Å². The monoisotopic (exact) mass is 402 g/mol. The summed E-state index contributed by atoms with van der Waals surface area (Å²) in [6.45, 7) is 4.28. The maximum atomic E-state index is 12.2. The van der Waals surface area contributed by atoms with Crippen molar-refractivity contribution >= 4 is 35.1 Å². The number of rotatable bonds is 8. The van der Waals surface area contributed by atoms with Crippen LogP contribution in [-0.4, -0.2) is 53.4 Å². The number of anilines is 2. The number of esters is 1. The van der Waals surface area contributed by atoms with Crippen LogP contribution in [0.15, 0.2) is 34.9 Å². The van der Waals surface area contributed by atoms with Gasteiger partial charge in [-0.3, -0.25) is 14.4 Å². The molecule has 0 aliphatic carbocycles. The summed E-state index contributed by atoms with van der Waals surface area (Å²) < 4.78 is 9.67. The van der Waals surface area contributed by atoms with E-state index in [4.69, 9.17) is 9.26 Å². The summed E-state index contributed by atoms with van der Waals surface area (Å²) in [6.07, 6.45) is 0. The number of nitrogens with zero attached hydrogens (tertiary/aromatic N) is 2. The van der Waals surface area contributed by atoms with Gasteiger partial charge in [-0.25, -0.2) is 4.79 Å². The number of carbonyl (C=O) groups excluding carboxylic acids is 4. The quantitative estimate of drug-likeness (QED) is 0.641. The highest BCUT2D eigenvalue weighted by Crippen LogP contribution is 2.13. The summed E-state index contributed by atoms with van der Waals surface area (Å²) in [5, 5.41) is 8.85. The van der Waals surface area contributed by atoms with E-state index in [1.54, 1.807) is 38.1 Å². The molecule has 0 aliphatic rings. The molecule has 0 saturated heterocycles. The molecule has 0 bridgehead atoms. The van der Waals surface area contributed by atoms with Gasteiger partial charge in [0.25, 0.3) is 5.91 Å². The predicted octanol–water partition coefficient (Wildman–Crippen LogP) is 1.59. The van der Waals surface area contributed by atoms with E-state index < -0.39 is 24.4 Å². The molecule has 3 amide bonds. The van der Waals surface area contributed by atoms with E-state index in [1.807, 2.05) is 0 Å². The molecular weight excluding hydrogens is 380 g/mol. The number of aromatic nitrogens is 1. The second-order valence-corrected chi connectivity index (χ2v) is 6.12. The van der Waals surface area contributed by atoms with E-state index in [-0.39, 0.29) is 24.8 Å². The van der Waals surface area contributed by atoms with Crippen molar-refractivity contribution < 1.29 is 28.4 Å². The highest BCUT2D eigenvalue weighted by molar-refractivity contribution is 5.95. The number of hydrogen-bond acceptors (Lipinski definition) is 7. The Morgan fingerprint density at radius 1 is 1.10 bits per heavy atom. The van der Waals surface area contributed by atoms with Crippen molar-refractivity contribution in [2.45, 2.75) is 20.8 Å². The van der Waals surface area contributed by atoms with Crippen molar-refractivity contribution in [1.82, 2.24) is 10.1 Å². The largest absolute Gasteiger partial charge is 0.450 e. The molecule has 1 heterocycles. The Morgan fingerprint density at radius 2 is 1.72 bits per heavy atom. The first kappa shape index (κ1) is 21.6. The lowest BCUT2D eigenvalue weighted by atomic mass is 10.2. The lowest BCUT2D eigenvalue weighted by Crippen LogP contribution is -2.40. The number of likely N-dealkylation sites (N-methyl/N-ethyl adjacent to an activating group) is 1. The molecule has 1 aromatic heterocycles. The molecule has 10 nitrogen and oxygen atoms in total. The van der Waals surface area contributed by atoms with Crippen molar-refractivity contribution in [2.75, 3.05) is 30.3 Å². The molecule has 154 valence electrons. The van der Waals surface area contributed by atoms with Crippen molar-refractivity contribution in [3.8, 4) is 0 Å². The number of amides is 3. The van der Waals surface area contributed by atoms with Crippen molar-refractivity contribution in [2.24, 2.45) is 0 Å². The van der Waals surface area contributed by atoms with Crippen LogP contribution in [-0.2, 0) is 19.1 Å². The Kier molecular flexibility index (Phi) is 7.47. The molecule has 0 fully saturated rings. The van der Waals surface area contributed by atoms with Crippen LogP contribution in [0.5, 0.6) is 0 Å². The van der Waals surface area contributed by atoms with Crippen molar-refractivity contribution in [3.63, 3.8) is 0 Å². The zero-order chi connectivity index (χ0) is 21.4.